The highest BCUT2D eigenvalue weighted by Gasteiger charge is 2.38. The summed E-state index contributed by atoms with van der Waals surface area (Å²) in [4.78, 5) is 21.6. The van der Waals surface area contributed by atoms with Crippen LogP contribution in [0.25, 0.3) is 22.2 Å². The number of carbonyl (C=O) groups excluding carboxylic acids is 1. The number of nitrogens with one attached hydrogen (secondary N) is 2. The van der Waals surface area contributed by atoms with E-state index < -0.39 is 17.8 Å². The molecule has 35 heavy (non-hydrogen) atoms. The molecule has 3 aromatic heterocycles. The summed E-state index contributed by atoms with van der Waals surface area (Å²) in [6.45, 7) is 1.63. The van der Waals surface area contributed by atoms with Gasteiger partial charge in [0.25, 0.3) is 5.71 Å². The molecule has 0 unspecified atom stereocenters. The molecule has 6 N–H and O–H groups in total. The van der Waals surface area contributed by atoms with Crippen molar-refractivity contribution in [1.29, 1.82) is 0 Å². The molecular weight excluding hydrogens is 463 g/mol. The summed E-state index contributed by atoms with van der Waals surface area (Å²) in [5.74, 6) is -0.0801. The van der Waals surface area contributed by atoms with Crippen LogP contribution in [0, 0.1) is 6.92 Å². The SMILES string of the molecule is Cc1nc(NC(=O)C(=[NH2+])c2c(N)ccc3nc(-c4cn[nH]c4C(F)(F)F)c4c(c23)CCCC4)co1. The van der Waals surface area contributed by atoms with E-state index in [1.54, 1.807) is 13.0 Å². The molecule has 0 spiro atoms. The molecule has 0 aliphatic heterocycles. The highest BCUT2D eigenvalue weighted by Crippen LogP contribution is 2.41. The molecule has 5 rings (SSSR count). The maximum Gasteiger partial charge on any atom is 0.433 e. The molecule has 0 atom stereocenters. The standard InChI is InChI=1S/C23H20F3N7O2/c1-10-30-16(9-35-10)32-22(34)19(28)18-14(27)6-7-15-17(18)11-4-2-3-5-12(11)20(31-15)13-8-29-33-21(13)23(24,25)26/h6-9,28H,2-5,27H2,1H3,(H,29,33)(H,32,34)/p+1. The zero-order valence-electron chi connectivity index (χ0n) is 18.6. The van der Waals surface area contributed by atoms with Gasteiger partial charge in [-0.25, -0.2) is 10.4 Å². The predicted octanol–water partition coefficient (Wildman–Crippen LogP) is 2.59. The molecule has 0 bridgehead atoms. The number of benzene rings is 1. The highest BCUT2D eigenvalue weighted by molar-refractivity contribution is 6.49. The minimum absolute atomic E-state index is 0.118. The van der Waals surface area contributed by atoms with Gasteiger partial charge < -0.3 is 10.2 Å². The molecule has 0 saturated heterocycles. The largest absolute Gasteiger partial charge is 0.447 e. The number of hydrogen-bond acceptors (Lipinski definition) is 6. The lowest BCUT2D eigenvalue weighted by Gasteiger charge is -2.23. The monoisotopic (exact) mass is 484 g/mol. The van der Waals surface area contributed by atoms with Gasteiger partial charge in [0.05, 0.1) is 28.5 Å². The second-order valence-electron chi connectivity index (χ2n) is 8.32. The Morgan fingerprint density at radius 2 is 1.94 bits per heavy atom. The van der Waals surface area contributed by atoms with E-state index in [1.165, 1.54) is 12.3 Å². The summed E-state index contributed by atoms with van der Waals surface area (Å²) in [7, 11) is 0. The number of aromatic nitrogens is 4. The lowest BCUT2D eigenvalue weighted by atomic mass is 9.84. The van der Waals surface area contributed by atoms with Gasteiger partial charge >= 0.3 is 12.1 Å². The lowest BCUT2D eigenvalue weighted by Crippen LogP contribution is -2.48. The summed E-state index contributed by atoms with van der Waals surface area (Å²) in [5, 5.41) is 15.1. The molecule has 180 valence electrons. The van der Waals surface area contributed by atoms with Crippen molar-refractivity contribution in [2.75, 3.05) is 11.1 Å². The topological polar surface area (TPSA) is 148 Å². The van der Waals surface area contributed by atoms with E-state index in [2.05, 4.69) is 25.5 Å². The Balaban J connectivity index is 1.69. The summed E-state index contributed by atoms with van der Waals surface area (Å²) in [6.07, 6.45) is 0.510. The molecular formula is C23H21F3N7O2+. The molecule has 9 nitrogen and oxygen atoms in total. The van der Waals surface area contributed by atoms with Crippen molar-refractivity contribution in [3.8, 4) is 11.3 Å². The number of rotatable bonds is 4. The first-order chi connectivity index (χ1) is 16.6. The Labute approximate surface area is 196 Å². The number of amides is 1. The number of oxazole rings is 1. The number of anilines is 2. The summed E-state index contributed by atoms with van der Waals surface area (Å²) in [6, 6.07) is 3.15. The number of aryl methyl sites for hydroxylation is 2. The molecule has 1 aliphatic carbocycles. The number of aromatic amines is 1. The molecule has 12 heteroatoms. The van der Waals surface area contributed by atoms with E-state index in [-0.39, 0.29) is 28.5 Å². The van der Waals surface area contributed by atoms with Gasteiger partial charge in [0.2, 0.25) is 0 Å². The number of H-pyrrole nitrogens is 1. The van der Waals surface area contributed by atoms with E-state index in [1.807, 2.05) is 0 Å². The molecule has 0 saturated carbocycles. The van der Waals surface area contributed by atoms with E-state index in [0.29, 0.717) is 40.8 Å². The fourth-order valence-electron chi connectivity index (χ4n) is 4.55. The molecule has 4 aromatic rings. The fourth-order valence-corrected chi connectivity index (χ4v) is 4.55. The minimum Gasteiger partial charge on any atom is -0.447 e. The van der Waals surface area contributed by atoms with Gasteiger partial charge in [0, 0.05) is 18.0 Å². The third-order valence-corrected chi connectivity index (χ3v) is 6.06. The first kappa shape index (κ1) is 22.6. The van der Waals surface area contributed by atoms with Crippen LogP contribution in [0.3, 0.4) is 0 Å². The van der Waals surface area contributed by atoms with Gasteiger partial charge in [0.15, 0.2) is 11.7 Å². The van der Waals surface area contributed by atoms with E-state index in [9.17, 15) is 18.0 Å². The van der Waals surface area contributed by atoms with Crippen molar-refractivity contribution in [3.63, 3.8) is 0 Å². The van der Waals surface area contributed by atoms with Gasteiger partial charge in [-0.2, -0.15) is 23.3 Å². The average molecular weight is 484 g/mol. The number of pyridine rings is 1. The van der Waals surface area contributed by atoms with Crippen LogP contribution in [0.1, 0.15) is 41.1 Å². The fraction of sp³-hybridized carbons (Fsp3) is 0.261. The van der Waals surface area contributed by atoms with Crippen molar-refractivity contribution in [1.82, 2.24) is 20.2 Å². The summed E-state index contributed by atoms with van der Waals surface area (Å²) >= 11 is 0. The van der Waals surface area contributed by atoms with Crippen molar-refractivity contribution in [2.24, 2.45) is 0 Å². The van der Waals surface area contributed by atoms with Crippen molar-refractivity contribution < 1.29 is 27.8 Å². The molecule has 1 amide bonds. The van der Waals surface area contributed by atoms with E-state index >= 15 is 0 Å². The minimum atomic E-state index is -4.62. The third-order valence-electron chi connectivity index (χ3n) is 6.06. The van der Waals surface area contributed by atoms with E-state index in [0.717, 1.165) is 24.6 Å². The van der Waals surface area contributed by atoms with Gasteiger partial charge in [-0.15, -0.1) is 0 Å². The van der Waals surface area contributed by atoms with Crippen molar-refractivity contribution >= 4 is 34.0 Å². The number of alkyl halides is 3. The number of nitrogen functional groups attached to an aromatic ring is 1. The third kappa shape index (κ3) is 3.90. The molecule has 0 fully saturated rings. The number of nitrogens with zero attached hydrogens (tertiary/aromatic N) is 3. The summed E-state index contributed by atoms with van der Waals surface area (Å²) < 4.78 is 45.9. The zero-order chi connectivity index (χ0) is 24.9. The normalized spacial score (nSPS) is 13.6. The van der Waals surface area contributed by atoms with Crippen LogP contribution in [0.4, 0.5) is 24.7 Å². The molecule has 3 heterocycles. The van der Waals surface area contributed by atoms with Gasteiger partial charge in [0.1, 0.15) is 12.0 Å². The van der Waals surface area contributed by atoms with Crippen LogP contribution < -0.4 is 16.5 Å². The first-order valence-electron chi connectivity index (χ1n) is 10.9. The molecule has 0 radical (unpaired) electrons. The van der Waals surface area contributed by atoms with Gasteiger partial charge in [-0.3, -0.25) is 15.2 Å². The number of hydrogen-bond donors (Lipinski definition) is 4. The van der Waals surface area contributed by atoms with Gasteiger partial charge in [-0.1, -0.05) is 0 Å². The van der Waals surface area contributed by atoms with E-state index in [4.69, 9.17) is 15.6 Å². The Kier molecular flexibility index (Phi) is 5.30. The van der Waals surface area contributed by atoms with Crippen LogP contribution in [0.5, 0.6) is 0 Å². The number of nitrogens with two attached hydrogens (primary N) is 2. The smallest absolute Gasteiger partial charge is 0.433 e. The highest BCUT2D eigenvalue weighted by atomic mass is 19.4. The Morgan fingerprint density at radius 3 is 2.63 bits per heavy atom. The maximum atomic E-state index is 13.6. The Bertz CT molecular complexity index is 1490. The number of carbonyl (C=O) groups is 1. The first-order valence-corrected chi connectivity index (χ1v) is 10.9. The Hall–Kier alpha value is -4.22. The number of fused-ring (bicyclic) bond motifs is 3. The maximum absolute atomic E-state index is 13.6. The second kappa shape index (κ2) is 8.22. The van der Waals surface area contributed by atoms with Crippen LogP contribution in [-0.2, 0) is 23.8 Å². The molecule has 1 aliphatic rings. The van der Waals surface area contributed by atoms with Crippen LogP contribution >= 0.6 is 0 Å². The van der Waals surface area contributed by atoms with Crippen LogP contribution in [0.2, 0.25) is 0 Å². The van der Waals surface area contributed by atoms with Crippen LogP contribution in [0.15, 0.2) is 29.0 Å². The van der Waals surface area contributed by atoms with Crippen LogP contribution in [-0.4, -0.2) is 31.8 Å². The zero-order valence-corrected chi connectivity index (χ0v) is 18.6. The number of halogens is 3. The second-order valence-corrected chi connectivity index (χ2v) is 8.32. The quantitative estimate of drug-likeness (QED) is 0.258. The predicted molar refractivity (Wildman–Crippen MR) is 121 cm³/mol. The Morgan fingerprint density at radius 1 is 1.20 bits per heavy atom. The average Bonchev–Trinajstić information content (AvgIpc) is 3.47. The van der Waals surface area contributed by atoms with Crippen molar-refractivity contribution in [2.45, 2.75) is 38.8 Å². The molecule has 1 aromatic carbocycles. The van der Waals surface area contributed by atoms with Crippen molar-refractivity contribution in [3.05, 3.63) is 52.9 Å². The summed E-state index contributed by atoms with van der Waals surface area (Å²) in [5.41, 5.74) is 7.62. The van der Waals surface area contributed by atoms with Gasteiger partial charge in [-0.05, 0) is 48.9 Å². The lowest BCUT2D eigenvalue weighted by molar-refractivity contribution is -0.140.